The number of aryl methyl sites for hydroxylation is 1. The van der Waals surface area contributed by atoms with Gasteiger partial charge in [0.25, 0.3) is 0 Å². The van der Waals surface area contributed by atoms with Crippen LogP contribution in [0.5, 0.6) is 0 Å². The molecule has 1 aromatic rings. The highest BCUT2D eigenvalue weighted by atomic mass is 16.3. The van der Waals surface area contributed by atoms with Crippen LogP contribution in [0.15, 0.2) is 24.3 Å². The van der Waals surface area contributed by atoms with Crippen molar-refractivity contribution in [3.05, 3.63) is 35.4 Å². The van der Waals surface area contributed by atoms with Crippen LogP contribution in [0, 0.1) is 0 Å². The van der Waals surface area contributed by atoms with Gasteiger partial charge in [0.2, 0.25) is 0 Å². The zero-order valence-corrected chi connectivity index (χ0v) is 10.4. The molecule has 1 aromatic carbocycles. The van der Waals surface area contributed by atoms with E-state index in [0.29, 0.717) is 6.54 Å². The first-order valence-electron chi connectivity index (χ1n) is 6.06. The number of nitrogens with two attached hydrogens (primary N) is 1. The first kappa shape index (κ1) is 13.2. The molecule has 0 aliphatic rings. The lowest BCUT2D eigenvalue weighted by Crippen LogP contribution is -2.35. The third kappa shape index (κ3) is 3.06. The second-order valence-corrected chi connectivity index (χ2v) is 4.72. The van der Waals surface area contributed by atoms with Gasteiger partial charge in [-0.1, -0.05) is 44.5 Å². The minimum Gasteiger partial charge on any atom is -0.395 e. The largest absolute Gasteiger partial charge is 0.395 e. The van der Waals surface area contributed by atoms with Crippen LogP contribution in [-0.2, 0) is 11.8 Å². The van der Waals surface area contributed by atoms with Crippen LogP contribution in [0.25, 0.3) is 0 Å². The van der Waals surface area contributed by atoms with Crippen molar-refractivity contribution in [3.8, 4) is 0 Å². The highest BCUT2D eigenvalue weighted by Gasteiger charge is 2.23. The molecule has 0 heterocycles. The second kappa shape index (κ2) is 6.02. The maximum Gasteiger partial charge on any atom is 0.0537 e. The van der Waals surface area contributed by atoms with Gasteiger partial charge in [0.1, 0.15) is 0 Å². The predicted molar refractivity (Wildman–Crippen MR) is 68.5 cm³/mol. The Morgan fingerprint density at radius 1 is 1.25 bits per heavy atom. The Balaban J connectivity index is 2.77. The number of rotatable bonds is 6. The van der Waals surface area contributed by atoms with Gasteiger partial charge in [0, 0.05) is 12.0 Å². The number of aliphatic hydroxyl groups is 1. The van der Waals surface area contributed by atoms with E-state index in [1.165, 1.54) is 18.4 Å². The molecule has 1 atom stereocenters. The molecule has 0 aromatic heterocycles. The van der Waals surface area contributed by atoms with E-state index in [1.54, 1.807) is 0 Å². The molecule has 16 heavy (non-hydrogen) atoms. The Morgan fingerprint density at radius 3 is 2.31 bits per heavy atom. The fraction of sp³-hybridized carbons (Fsp3) is 0.571. The Kier molecular flexibility index (Phi) is 4.97. The van der Waals surface area contributed by atoms with E-state index >= 15 is 0 Å². The number of unbranched alkanes of at least 4 members (excludes halogenated alkanes) is 1. The molecule has 1 unspecified atom stereocenters. The summed E-state index contributed by atoms with van der Waals surface area (Å²) in [6.45, 7) is 4.76. The number of benzene rings is 1. The van der Waals surface area contributed by atoms with Crippen LogP contribution in [-0.4, -0.2) is 18.3 Å². The van der Waals surface area contributed by atoms with E-state index < -0.39 is 0 Å². The van der Waals surface area contributed by atoms with Crippen molar-refractivity contribution in [3.63, 3.8) is 0 Å². The van der Waals surface area contributed by atoms with E-state index in [1.807, 2.05) is 6.92 Å². The van der Waals surface area contributed by atoms with E-state index in [-0.39, 0.29) is 12.0 Å². The van der Waals surface area contributed by atoms with Crippen molar-refractivity contribution in [2.75, 3.05) is 13.2 Å². The van der Waals surface area contributed by atoms with E-state index in [4.69, 9.17) is 5.73 Å². The normalized spacial score (nSPS) is 14.8. The minimum atomic E-state index is -0.302. The van der Waals surface area contributed by atoms with Gasteiger partial charge in [-0.2, -0.15) is 0 Å². The molecule has 2 nitrogen and oxygen atoms in total. The van der Waals surface area contributed by atoms with Crippen molar-refractivity contribution in [2.45, 2.75) is 38.5 Å². The number of hydrogen-bond donors (Lipinski definition) is 2. The minimum absolute atomic E-state index is 0.0950. The average Bonchev–Trinajstić information content (AvgIpc) is 2.36. The van der Waals surface area contributed by atoms with Crippen LogP contribution in [0.1, 0.15) is 37.8 Å². The maximum absolute atomic E-state index is 9.37. The standard InChI is InChI=1S/C14H23NO/c1-3-4-5-12-6-8-13(9-7-12)14(2,10-15)11-16/h6-9,16H,3-5,10-11,15H2,1-2H3. The summed E-state index contributed by atoms with van der Waals surface area (Å²) in [6.07, 6.45) is 3.58. The first-order valence-corrected chi connectivity index (χ1v) is 6.06. The fourth-order valence-corrected chi connectivity index (χ4v) is 1.73. The van der Waals surface area contributed by atoms with Gasteiger partial charge in [0.05, 0.1) is 6.61 Å². The molecule has 0 aliphatic heterocycles. The van der Waals surface area contributed by atoms with Crippen LogP contribution in [0.2, 0.25) is 0 Å². The second-order valence-electron chi connectivity index (χ2n) is 4.72. The number of aliphatic hydroxyl groups excluding tert-OH is 1. The van der Waals surface area contributed by atoms with Crippen LogP contribution in [0.3, 0.4) is 0 Å². The molecule has 0 bridgehead atoms. The first-order chi connectivity index (χ1) is 7.66. The van der Waals surface area contributed by atoms with E-state index in [2.05, 4.69) is 31.2 Å². The average molecular weight is 221 g/mol. The molecule has 90 valence electrons. The zero-order chi connectivity index (χ0) is 12.0. The molecular formula is C14H23NO. The van der Waals surface area contributed by atoms with Crippen molar-refractivity contribution >= 4 is 0 Å². The third-order valence-electron chi connectivity index (χ3n) is 3.27. The summed E-state index contributed by atoms with van der Waals surface area (Å²) in [5, 5.41) is 9.37. The highest BCUT2D eigenvalue weighted by Crippen LogP contribution is 2.22. The third-order valence-corrected chi connectivity index (χ3v) is 3.27. The molecule has 0 saturated carbocycles. The molecule has 0 amide bonds. The number of hydrogen-bond acceptors (Lipinski definition) is 2. The van der Waals surface area contributed by atoms with Crippen molar-refractivity contribution in [1.29, 1.82) is 0 Å². The van der Waals surface area contributed by atoms with Crippen LogP contribution in [0.4, 0.5) is 0 Å². The Bertz CT molecular complexity index is 301. The van der Waals surface area contributed by atoms with Gasteiger partial charge >= 0.3 is 0 Å². The smallest absolute Gasteiger partial charge is 0.0537 e. The van der Waals surface area contributed by atoms with Gasteiger partial charge in [-0.05, 0) is 24.0 Å². The van der Waals surface area contributed by atoms with Crippen molar-refractivity contribution < 1.29 is 5.11 Å². The molecular weight excluding hydrogens is 198 g/mol. The summed E-state index contributed by atoms with van der Waals surface area (Å²) in [4.78, 5) is 0. The maximum atomic E-state index is 9.37. The Labute approximate surface area is 98.5 Å². The molecule has 2 heteroatoms. The SMILES string of the molecule is CCCCc1ccc(C(C)(CN)CO)cc1. The Hall–Kier alpha value is -0.860. The lowest BCUT2D eigenvalue weighted by molar-refractivity contribution is 0.210. The molecule has 3 N–H and O–H groups in total. The van der Waals surface area contributed by atoms with Gasteiger partial charge in [0.15, 0.2) is 0 Å². The van der Waals surface area contributed by atoms with Crippen molar-refractivity contribution in [2.24, 2.45) is 5.73 Å². The quantitative estimate of drug-likeness (QED) is 0.774. The monoisotopic (exact) mass is 221 g/mol. The zero-order valence-electron chi connectivity index (χ0n) is 10.4. The summed E-state index contributed by atoms with van der Waals surface area (Å²) in [7, 11) is 0. The van der Waals surface area contributed by atoms with Gasteiger partial charge in [-0.25, -0.2) is 0 Å². The van der Waals surface area contributed by atoms with Crippen molar-refractivity contribution in [1.82, 2.24) is 0 Å². The molecule has 1 rings (SSSR count). The highest BCUT2D eigenvalue weighted by molar-refractivity contribution is 5.29. The summed E-state index contributed by atoms with van der Waals surface area (Å²) >= 11 is 0. The van der Waals surface area contributed by atoms with Crippen LogP contribution < -0.4 is 5.73 Å². The van der Waals surface area contributed by atoms with Gasteiger partial charge in [-0.3, -0.25) is 0 Å². The van der Waals surface area contributed by atoms with Gasteiger partial charge < -0.3 is 10.8 Å². The van der Waals surface area contributed by atoms with E-state index in [9.17, 15) is 5.11 Å². The molecule has 0 fully saturated rings. The molecule has 0 saturated heterocycles. The molecule has 0 radical (unpaired) electrons. The topological polar surface area (TPSA) is 46.2 Å². The molecule has 0 spiro atoms. The Morgan fingerprint density at radius 2 is 1.88 bits per heavy atom. The summed E-state index contributed by atoms with van der Waals surface area (Å²) in [5.74, 6) is 0. The van der Waals surface area contributed by atoms with E-state index in [0.717, 1.165) is 12.0 Å². The summed E-state index contributed by atoms with van der Waals surface area (Å²) < 4.78 is 0. The molecule has 0 aliphatic carbocycles. The predicted octanol–water partition coefficient (Wildman–Crippen LogP) is 2.24. The fourth-order valence-electron chi connectivity index (χ4n) is 1.73. The summed E-state index contributed by atoms with van der Waals surface area (Å²) in [5.41, 5.74) is 7.89. The van der Waals surface area contributed by atoms with Gasteiger partial charge in [-0.15, -0.1) is 0 Å². The summed E-state index contributed by atoms with van der Waals surface area (Å²) in [6, 6.07) is 8.48. The lowest BCUT2D eigenvalue weighted by Gasteiger charge is -2.26. The van der Waals surface area contributed by atoms with Crippen LogP contribution >= 0.6 is 0 Å². The lowest BCUT2D eigenvalue weighted by atomic mass is 9.83.